The summed E-state index contributed by atoms with van der Waals surface area (Å²) < 4.78 is 5.27. The third-order valence-corrected chi connectivity index (χ3v) is 3.44. The fourth-order valence-electron chi connectivity index (χ4n) is 2.43. The minimum absolute atomic E-state index is 0.0537. The smallest absolute Gasteiger partial charge is 0.421 e. The first kappa shape index (κ1) is 14.3. The summed E-state index contributed by atoms with van der Waals surface area (Å²) in [7, 11) is 0. The number of hydrogen-bond donors (Lipinski definition) is 2. The zero-order valence-corrected chi connectivity index (χ0v) is 10.7. The number of ether oxygens (including phenoxy) is 1. The zero-order chi connectivity index (χ0) is 12.3. The first-order chi connectivity index (χ1) is 8.33. The normalized spacial score (nSPS) is 21.0. The van der Waals surface area contributed by atoms with Gasteiger partial charge >= 0.3 is 6.09 Å². The van der Waals surface area contributed by atoms with Gasteiger partial charge in [-0.05, 0) is 25.7 Å². The van der Waals surface area contributed by atoms with Crippen molar-refractivity contribution in [1.82, 2.24) is 5.43 Å². The summed E-state index contributed by atoms with van der Waals surface area (Å²) in [6, 6.07) is 0. The number of hydrazine groups is 1. The van der Waals surface area contributed by atoms with E-state index in [1.807, 2.05) is 5.43 Å². The summed E-state index contributed by atoms with van der Waals surface area (Å²) in [6.45, 7) is 0. The topological polar surface area (TPSA) is 64.3 Å². The van der Waals surface area contributed by atoms with E-state index in [1.54, 1.807) is 0 Å². The van der Waals surface area contributed by atoms with Crippen molar-refractivity contribution < 1.29 is 9.53 Å². The molecular formula is C13H26N2O2. The highest BCUT2D eigenvalue weighted by molar-refractivity contribution is 5.66. The lowest BCUT2D eigenvalue weighted by Gasteiger charge is -2.18. The average molecular weight is 242 g/mol. The summed E-state index contributed by atoms with van der Waals surface area (Å²) in [6.07, 6.45) is 13.1. The number of carbonyl (C=O) groups is 1. The van der Waals surface area contributed by atoms with Crippen LogP contribution in [0.5, 0.6) is 0 Å². The minimum Gasteiger partial charge on any atom is -0.445 e. The molecule has 1 rings (SSSR count). The second-order valence-electron chi connectivity index (χ2n) is 4.93. The van der Waals surface area contributed by atoms with Gasteiger partial charge in [0.15, 0.2) is 0 Å². The van der Waals surface area contributed by atoms with Crippen LogP contribution in [0.3, 0.4) is 0 Å². The van der Waals surface area contributed by atoms with Crippen molar-refractivity contribution in [3.8, 4) is 0 Å². The molecule has 1 saturated carbocycles. The Morgan fingerprint density at radius 2 is 1.29 bits per heavy atom. The molecule has 0 aromatic heterocycles. The molecule has 0 aliphatic heterocycles. The Balaban J connectivity index is 2.29. The van der Waals surface area contributed by atoms with E-state index in [4.69, 9.17) is 10.6 Å². The molecule has 0 bridgehead atoms. The number of nitrogens with one attached hydrogen (secondary N) is 1. The lowest BCUT2D eigenvalue weighted by molar-refractivity contribution is 0.0840. The molecule has 0 aromatic rings. The standard InChI is InChI=1S/C13H26N2O2/c14-15-13(16)17-12-10-8-6-4-2-1-3-5-7-9-11-12/h12H,1-11,14H2,(H,15,16). The van der Waals surface area contributed by atoms with E-state index in [0.717, 1.165) is 25.7 Å². The molecule has 0 saturated heterocycles. The summed E-state index contributed by atoms with van der Waals surface area (Å²) in [4.78, 5) is 11.1. The number of nitrogens with two attached hydrogens (primary N) is 1. The van der Waals surface area contributed by atoms with Gasteiger partial charge in [0.25, 0.3) is 0 Å². The van der Waals surface area contributed by atoms with Crippen molar-refractivity contribution in [3.05, 3.63) is 0 Å². The van der Waals surface area contributed by atoms with Crippen molar-refractivity contribution >= 4 is 6.09 Å². The Hall–Kier alpha value is -0.770. The molecule has 4 nitrogen and oxygen atoms in total. The number of rotatable bonds is 1. The lowest BCUT2D eigenvalue weighted by Crippen LogP contribution is -2.34. The van der Waals surface area contributed by atoms with Crippen LogP contribution >= 0.6 is 0 Å². The summed E-state index contributed by atoms with van der Waals surface area (Å²) in [5, 5.41) is 0. The molecule has 3 N–H and O–H groups in total. The van der Waals surface area contributed by atoms with Gasteiger partial charge in [-0.1, -0.05) is 44.9 Å². The number of amides is 1. The Morgan fingerprint density at radius 1 is 0.882 bits per heavy atom. The fraction of sp³-hybridized carbons (Fsp3) is 0.923. The summed E-state index contributed by atoms with van der Waals surface area (Å²) in [5.74, 6) is 5.04. The highest BCUT2D eigenvalue weighted by Crippen LogP contribution is 2.18. The van der Waals surface area contributed by atoms with Gasteiger partial charge < -0.3 is 4.74 Å². The zero-order valence-electron chi connectivity index (χ0n) is 10.7. The Morgan fingerprint density at radius 3 is 1.71 bits per heavy atom. The van der Waals surface area contributed by atoms with E-state index >= 15 is 0 Å². The van der Waals surface area contributed by atoms with Crippen molar-refractivity contribution in [3.63, 3.8) is 0 Å². The minimum atomic E-state index is -0.498. The van der Waals surface area contributed by atoms with E-state index in [-0.39, 0.29) is 6.10 Å². The molecule has 1 aliphatic carbocycles. The highest BCUT2D eigenvalue weighted by Gasteiger charge is 2.13. The van der Waals surface area contributed by atoms with Crippen LogP contribution in [-0.4, -0.2) is 12.2 Å². The van der Waals surface area contributed by atoms with Crippen molar-refractivity contribution in [2.24, 2.45) is 5.84 Å². The molecule has 0 unspecified atom stereocenters. The number of hydrogen-bond acceptors (Lipinski definition) is 3. The maximum absolute atomic E-state index is 11.1. The first-order valence-electron chi connectivity index (χ1n) is 7.00. The molecule has 0 heterocycles. The van der Waals surface area contributed by atoms with Gasteiger partial charge in [0.05, 0.1) is 0 Å². The van der Waals surface area contributed by atoms with Crippen LogP contribution < -0.4 is 11.3 Å². The van der Waals surface area contributed by atoms with Crippen LogP contribution in [0.2, 0.25) is 0 Å². The van der Waals surface area contributed by atoms with Crippen molar-refractivity contribution in [1.29, 1.82) is 0 Å². The van der Waals surface area contributed by atoms with Gasteiger partial charge in [0.1, 0.15) is 6.10 Å². The van der Waals surface area contributed by atoms with Gasteiger partial charge in [0, 0.05) is 0 Å². The Bertz CT molecular complexity index is 198. The van der Waals surface area contributed by atoms with Crippen LogP contribution in [0.1, 0.15) is 70.6 Å². The largest absolute Gasteiger partial charge is 0.445 e. The highest BCUT2D eigenvalue weighted by atomic mass is 16.6. The van der Waals surface area contributed by atoms with E-state index in [0.29, 0.717) is 0 Å². The predicted octanol–water partition coefficient (Wildman–Crippen LogP) is 3.26. The molecular weight excluding hydrogens is 216 g/mol. The van der Waals surface area contributed by atoms with E-state index in [9.17, 15) is 4.79 Å². The Kier molecular flexibility index (Phi) is 7.80. The van der Waals surface area contributed by atoms with E-state index < -0.39 is 6.09 Å². The molecule has 1 fully saturated rings. The molecule has 17 heavy (non-hydrogen) atoms. The second-order valence-corrected chi connectivity index (χ2v) is 4.93. The molecule has 0 aromatic carbocycles. The van der Waals surface area contributed by atoms with Crippen LogP contribution in [-0.2, 0) is 4.74 Å². The van der Waals surface area contributed by atoms with Gasteiger partial charge in [-0.15, -0.1) is 0 Å². The molecule has 0 radical (unpaired) electrons. The molecule has 4 heteroatoms. The van der Waals surface area contributed by atoms with Gasteiger partial charge in [-0.3, -0.25) is 5.43 Å². The molecule has 0 spiro atoms. The Labute approximate surface area is 104 Å². The monoisotopic (exact) mass is 242 g/mol. The fourth-order valence-corrected chi connectivity index (χ4v) is 2.43. The third-order valence-electron chi connectivity index (χ3n) is 3.44. The molecule has 100 valence electrons. The molecule has 1 aliphatic rings. The van der Waals surface area contributed by atoms with Crippen LogP contribution in [0.4, 0.5) is 4.79 Å². The van der Waals surface area contributed by atoms with Crippen LogP contribution in [0.25, 0.3) is 0 Å². The second kappa shape index (κ2) is 9.28. The van der Waals surface area contributed by atoms with Gasteiger partial charge in [-0.2, -0.15) is 0 Å². The van der Waals surface area contributed by atoms with Crippen molar-refractivity contribution in [2.75, 3.05) is 0 Å². The molecule has 1 amide bonds. The predicted molar refractivity (Wildman–Crippen MR) is 68.4 cm³/mol. The van der Waals surface area contributed by atoms with Crippen LogP contribution in [0, 0.1) is 0 Å². The maximum atomic E-state index is 11.1. The summed E-state index contributed by atoms with van der Waals surface area (Å²) >= 11 is 0. The van der Waals surface area contributed by atoms with Crippen LogP contribution in [0.15, 0.2) is 0 Å². The third kappa shape index (κ3) is 7.21. The van der Waals surface area contributed by atoms with Crippen molar-refractivity contribution in [2.45, 2.75) is 76.7 Å². The maximum Gasteiger partial charge on any atom is 0.421 e. The van der Waals surface area contributed by atoms with Gasteiger partial charge in [-0.25, -0.2) is 10.6 Å². The molecule has 0 atom stereocenters. The lowest BCUT2D eigenvalue weighted by atomic mass is 9.99. The first-order valence-corrected chi connectivity index (χ1v) is 7.00. The van der Waals surface area contributed by atoms with E-state index in [2.05, 4.69) is 0 Å². The number of carbonyl (C=O) groups excluding carboxylic acids is 1. The quantitative estimate of drug-likeness (QED) is 0.421. The van der Waals surface area contributed by atoms with E-state index in [1.165, 1.54) is 44.9 Å². The SMILES string of the molecule is NNC(=O)OC1CCCCCCCCCCC1. The summed E-state index contributed by atoms with van der Waals surface area (Å²) in [5.41, 5.74) is 2.04. The van der Waals surface area contributed by atoms with Gasteiger partial charge in [0.2, 0.25) is 0 Å². The average Bonchev–Trinajstić information content (AvgIpc) is 2.32.